The summed E-state index contributed by atoms with van der Waals surface area (Å²) in [6.45, 7) is 5.83. The second kappa shape index (κ2) is 6.35. The van der Waals surface area contributed by atoms with E-state index in [2.05, 4.69) is 10.6 Å². The Morgan fingerprint density at radius 1 is 1.35 bits per heavy atom. The van der Waals surface area contributed by atoms with E-state index in [1.54, 1.807) is 12.1 Å². The van der Waals surface area contributed by atoms with Crippen LogP contribution in [0.15, 0.2) is 24.3 Å². The van der Waals surface area contributed by atoms with Crippen molar-refractivity contribution in [3.63, 3.8) is 0 Å². The van der Waals surface area contributed by atoms with Gasteiger partial charge in [0.2, 0.25) is 5.91 Å². The van der Waals surface area contributed by atoms with Crippen molar-refractivity contribution in [2.45, 2.75) is 39.2 Å². The van der Waals surface area contributed by atoms with Gasteiger partial charge in [-0.2, -0.15) is 0 Å². The summed E-state index contributed by atoms with van der Waals surface area (Å²) in [7, 11) is 0. The van der Waals surface area contributed by atoms with E-state index in [1.165, 1.54) is 12.1 Å². The van der Waals surface area contributed by atoms with Gasteiger partial charge in [-0.05, 0) is 57.0 Å². The van der Waals surface area contributed by atoms with Gasteiger partial charge in [-0.15, -0.1) is 0 Å². The Kier molecular flexibility index (Phi) is 4.76. The summed E-state index contributed by atoms with van der Waals surface area (Å²) in [4.78, 5) is 12.4. The number of piperidine rings is 1. The Hall–Kier alpha value is -1.42. The molecule has 1 aliphatic heterocycles. The average Bonchev–Trinajstić information content (AvgIpc) is 2.42. The van der Waals surface area contributed by atoms with Crippen LogP contribution in [0.4, 0.5) is 4.39 Å². The minimum absolute atomic E-state index is 0.0553. The molecule has 1 aliphatic rings. The summed E-state index contributed by atoms with van der Waals surface area (Å²) in [6, 6.07) is 6.50. The van der Waals surface area contributed by atoms with Gasteiger partial charge in [0.05, 0.1) is 0 Å². The van der Waals surface area contributed by atoms with Crippen molar-refractivity contribution in [1.29, 1.82) is 0 Å². The molecule has 1 fully saturated rings. The van der Waals surface area contributed by atoms with Crippen molar-refractivity contribution in [1.82, 2.24) is 10.6 Å². The molecule has 20 heavy (non-hydrogen) atoms. The fraction of sp³-hybridized carbons (Fsp3) is 0.562. The first kappa shape index (κ1) is 15.0. The quantitative estimate of drug-likeness (QED) is 0.887. The minimum atomic E-state index is -0.262. The van der Waals surface area contributed by atoms with Crippen molar-refractivity contribution >= 4 is 5.91 Å². The molecule has 1 atom stereocenters. The lowest BCUT2D eigenvalue weighted by Gasteiger charge is -2.33. The number of nitrogens with one attached hydrogen (secondary N) is 2. The van der Waals surface area contributed by atoms with E-state index >= 15 is 0 Å². The Balaban J connectivity index is 1.88. The standard InChI is InChI=1S/C16H23FN2O/c1-12(11-13-3-5-14(17)6-4-13)19-15(20)16(2)7-9-18-10-8-16/h3-6,12,18H,7-11H2,1-2H3,(H,19,20). The molecule has 1 amide bonds. The minimum Gasteiger partial charge on any atom is -0.353 e. The number of amides is 1. The van der Waals surface area contributed by atoms with Gasteiger partial charge in [0.1, 0.15) is 5.82 Å². The lowest BCUT2D eigenvalue weighted by molar-refractivity contribution is -0.132. The molecule has 0 saturated carbocycles. The summed E-state index contributed by atoms with van der Waals surface area (Å²) in [5.41, 5.74) is 0.775. The molecule has 2 rings (SSSR count). The SMILES string of the molecule is CC(Cc1ccc(F)cc1)NC(=O)C1(C)CCNCC1. The first-order valence-electron chi connectivity index (χ1n) is 7.26. The first-order chi connectivity index (χ1) is 9.49. The van der Waals surface area contributed by atoms with Crippen LogP contribution in [-0.4, -0.2) is 25.0 Å². The van der Waals surface area contributed by atoms with E-state index in [1.807, 2.05) is 13.8 Å². The summed E-state index contributed by atoms with van der Waals surface area (Å²) >= 11 is 0. The van der Waals surface area contributed by atoms with Crippen molar-refractivity contribution < 1.29 is 9.18 Å². The van der Waals surface area contributed by atoms with Gasteiger partial charge in [-0.3, -0.25) is 4.79 Å². The van der Waals surface area contributed by atoms with Crippen LogP contribution >= 0.6 is 0 Å². The van der Waals surface area contributed by atoms with Crippen LogP contribution in [0.5, 0.6) is 0 Å². The predicted octanol–water partition coefficient (Wildman–Crippen LogP) is 2.26. The van der Waals surface area contributed by atoms with E-state index in [9.17, 15) is 9.18 Å². The van der Waals surface area contributed by atoms with Gasteiger partial charge in [-0.25, -0.2) is 4.39 Å². The molecule has 1 saturated heterocycles. The maximum absolute atomic E-state index is 12.9. The Morgan fingerprint density at radius 2 is 1.95 bits per heavy atom. The molecule has 1 aromatic rings. The summed E-state index contributed by atoms with van der Waals surface area (Å²) < 4.78 is 12.9. The highest BCUT2D eigenvalue weighted by molar-refractivity contribution is 5.82. The number of carbonyl (C=O) groups is 1. The van der Waals surface area contributed by atoms with Gasteiger partial charge >= 0.3 is 0 Å². The number of hydrogen-bond donors (Lipinski definition) is 2. The van der Waals surface area contributed by atoms with Crippen LogP contribution in [0, 0.1) is 11.2 Å². The zero-order valence-corrected chi connectivity index (χ0v) is 12.2. The van der Waals surface area contributed by atoms with Crippen LogP contribution < -0.4 is 10.6 Å². The maximum Gasteiger partial charge on any atom is 0.226 e. The molecular formula is C16H23FN2O. The molecule has 0 aliphatic carbocycles. The largest absolute Gasteiger partial charge is 0.353 e. The van der Waals surface area contributed by atoms with E-state index in [0.29, 0.717) is 0 Å². The Morgan fingerprint density at radius 3 is 2.55 bits per heavy atom. The average molecular weight is 278 g/mol. The molecule has 1 heterocycles. The van der Waals surface area contributed by atoms with E-state index in [-0.39, 0.29) is 23.2 Å². The summed E-state index contributed by atoms with van der Waals surface area (Å²) in [5, 5.41) is 6.37. The number of hydrogen-bond acceptors (Lipinski definition) is 2. The molecule has 1 aromatic carbocycles. The molecule has 0 radical (unpaired) electrons. The lowest BCUT2D eigenvalue weighted by Crippen LogP contribution is -2.48. The molecule has 0 aromatic heterocycles. The van der Waals surface area contributed by atoms with E-state index in [4.69, 9.17) is 0 Å². The zero-order chi connectivity index (χ0) is 14.6. The van der Waals surface area contributed by atoms with Crippen LogP contribution in [0.25, 0.3) is 0 Å². The Labute approximate surface area is 120 Å². The second-order valence-corrected chi connectivity index (χ2v) is 6.02. The highest BCUT2D eigenvalue weighted by atomic mass is 19.1. The van der Waals surface area contributed by atoms with Crippen LogP contribution in [0.1, 0.15) is 32.3 Å². The van der Waals surface area contributed by atoms with Gasteiger partial charge in [0.25, 0.3) is 0 Å². The van der Waals surface area contributed by atoms with Crippen molar-refractivity contribution in [3.8, 4) is 0 Å². The number of carbonyl (C=O) groups excluding carboxylic acids is 1. The fourth-order valence-corrected chi connectivity index (χ4v) is 2.63. The Bertz CT molecular complexity index is 452. The molecule has 3 nitrogen and oxygen atoms in total. The third kappa shape index (κ3) is 3.79. The highest BCUT2D eigenvalue weighted by Gasteiger charge is 2.34. The monoisotopic (exact) mass is 278 g/mol. The fourth-order valence-electron chi connectivity index (χ4n) is 2.63. The van der Waals surface area contributed by atoms with E-state index < -0.39 is 0 Å². The van der Waals surface area contributed by atoms with Gasteiger partial charge in [-0.1, -0.05) is 19.1 Å². The van der Waals surface area contributed by atoms with Crippen LogP contribution in [0.3, 0.4) is 0 Å². The van der Waals surface area contributed by atoms with Crippen molar-refractivity contribution in [2.24, 2.45) is 5.41 Å². The highest BCUT2D eigenvalue weighted by Crippen LogP contribution is 2.28. The number of halogens is 1. The second-order valence-electron chi connectivity index (χ2n) is 6.02. The van der Waals surface area contributed by atoms with Crippen LogP contribution in [0.2, 0.25) is 0 Å². The van der Waals surface area contributed by atoms with Crippen LogP contribution in [-0.2, 0) is 11.2 Å². The van der Waals surface area contributed by atoms with Gasteiger partial charge in [0, 0.05) is 11.5 Å². The topological polar surface area (TPSA) is 41.1 Å². The number of benzene rings is 1. The molecule has 110 valence electrons. The number of rotatable bonds is 4. The van der Waals surface area contributed by atoms with Crippen molar-refractivity contribution in [2.75, 3.05) is 13.1 Å². The molecule has 0 spiro atoms. The van der Waals surface area contributed by atoms with Crippen molar-refractivity contribution in [3.05, 3.63) is 35.6 Å². The van der Waals surface area contributed by atoms with E-state index in [0.717, 1.165) is 37.9 Å². The normalized spacial score (nSPS) is 19.4. The summed E-state index contributed by atoms with van der Waals surface area (Å²) in [6.07, 6.45) is 2.48. The molecule has 2 N–H and O–H groups in total. The molecular weight excluding hydrogens is 255 g/mol. The predicted molar refractivity (Wildman–Crippen MR) is 77.9 cm³/mol. The lowest BCUT2D eigenvalue weighted by atomic mass is 9.80. The third-order valence-electron chi connectivity index (χ3n) is 4.09. The molecule has 0 bridgehead atoms. The zero-order valence-electron chi connectivity index (χ0n) is 12.2. The first-order valence-corrected chi connectivity index (χ1v) is 7.26. The van der Waals surface area contributed by atoms with Gasteiger partial charge in [0.15, 0.2) is 0 Å². The van der Waals surface area contributed by atoms with Gasteiger partial charge < -0.3 is 10.6 Å². The third-order valence-corrected chi connectivity index (χ3v) is 4.09. The summed E-state index contributed by atoms with van der Waals surface area (Å²) in [5.74, 6) is -0.0960. The smallest absolute Gasteiger partial charge is 0.226 e. The molecule has 4 heteroatoms. The molecule has 1 unspecified atom stereocenters. The maximum atomic E-state index is 12.9.